The van der Waals surface area contributed by atoms with Crippen molar-refractivity contribution >= 4 is 34.7 Å². The van der Waals surface area contributed by atoms with Gasteiger partial charge in [0.15, 0.2) is 0 Å². The molecule has 0 aliphatic rings. The predicted octanol–water partition coefficient (Wildman–Crippen LogP) is 6.48. The van der Waals surface area contributed by atoms with Crippen molar-refractivity contribution in [2.24, 2.45) is 0 Å². The Kier molecular flexibility index (Phi) is 5.77. The Bertz CT molecular complexity index is 1500. The number of anilines is 1. The van der Waals surface area contributed by atoms with Crippen LogP contribution in [0.2, 0.25) is 5.02 Å². The van der Waals surface area contributed by atoms with E-state index in [1.54, 1.807) is 29.8 Å². The van der Waals surface area contributed by atoms with Crippen LogP contribution in [0.15, 0.2) is 64.5 Å². The van der Waals surface area contributed by atoms with Crippen LogP contribution in [0.1, 0.15) is 27.4 Å². The van der Waals surface area contributed by atoms with Crippen molar-refractivity contribution in [3.63, 3.8) is 0 Å². The van der Waals surface area contributed by atoms with E-state index >= 15 is 0 Å². The van der Waals surface area contributed by atoms with E-state index in [9.17, 15) is 4.79 Å². The van der Waals surface area contributed by atoms with Crippen molar-refractivity contribution in [3.8, 4) is 27.6 Å². The Balaban J connectivity index is 1.47. The number of halogens is 1. The molecule has 3 heterocycles. The number of hydrogen-bond donors (Lipinski definition) is 1. The molecule has 0 saturated heterocycles. The largest absolute Gasteiger partial charge is 0.360 e. The fraction of sp³-hybridized carbons (Fsp3) is 0.120. The molecular formula is C25H20ClN5O2S. The van der Waals surface area contributed by atoms with Crippen LogP contribution in [0.4, 0.5) is 5.82 Å². The number of thiazole rings is 1. The lowest BCUT2D eigenvalue weighted by molar-refractivity contribution is 0.102. The highest BCUT2D eigenvalue weighted by atomic mass is 35.5. The normalized spacial score (nSPS) is 11.1. The van der Waals surface area contributed by atoms with Crippen LogP contribution in [0.5, 0.6) is 0 Å². The van der Waals surface area contributed by atoms with E-state index in [0.29, 0.717) is 38.6 Å². The lowest BCUT2D eigenvalue weighted by atomic mass is 10.1. The number of carbonyl (C=O) groups is 1. The minimum absolute atomic E-state index is 0.318. The first kappa shape index (κ1) is 22.1. The molecule has 1 amide bonds. The summed E-state index contributed by atoms with van der Waals surface area (Å²) in [7, 11) is 0. The molecule has 3 aromatic heterocycles. The quantitative estimate of drug-likeness (QED) is 0.305. The summed E-state index contributed by atoms with van der Waals surface area (Å²) < 4.78 is 6.98. The summed E-state index contributed by atoms with van der Waals surface area (Å²) in [5.74, 6) is 0.522. The average Bonchev–Trinajstić information content (AvgIpc) is 3.53. The zero-order chi connectivity index (χ0) is 23.8. The van der Waals surface area contributed by atoms with E-state index in [2.05, 4.69) is 27.7 Å². The molecule has 0 aliphatic heterocycles. The summed E-state index contributed by atoms with van der Waals surface area (Å²) in [6.07, 6.45) is 0. The van der Waals surface area contributed by atoms with Gasteiger partial charge >= 0.3 is 0 Å². The summed E-state index contributed by atoms with van der Waals surface area (Å²) in [6, 6.07) is 17.2. The average molecular weight is 490 g/mol. The second-order valence-electron chi connectivity index (χ2n) is 7.86. The van der Waals surface area contributed by atoms with Crippen molar-refractivity contribution in [3.05, 3.63) is 87.6 Å². The molecular weight excluding hydrogens is 470 g/mol. The number of hydrogen-bond acceptors (Lipinski definition) is 6. The number of amides is 1. The second-order valence-corrected chi connectivity index (χ2v) is 9.10. The van der Waals surface area contributed by atoms with Crippen LogP contribution < -0.4 is 5.32 Å². The number of rotatable bonds is 5. The Labute approximate surface area is 205 Å². The minimum Gasteiger partial charge on any atom is -0.360 e. The first-order valence-electron chi connectivity index (χ1n) is 10.5. The van der Waals surface area contributed by atoms with Gasteiger partial charge in [0.25, 0.3) is 5.91 Å². The zero-order valence-corrected chi connectivity index (χ0v) is 20.2. The summed E-state index contributed by atoms with van der Waals surface area (Å²) in [4.78, 5) is 18.1. The Hall–Kier alpha value is -3.75. The summed E-state index contributed by atoms with van der Waals surface area (Å²) in [5.41, 5.74) is 5.13. The molecule has 34 heavy (non-hydrogen) atoms. The maximum absolute atomic E-state index is 13.3. The van der Waals surface area contributed by atoms with Crippen LogP contribution in [0, 0.1) is 20.8 Å². The maximum Gasteiger partial charge on any atom is 0.262 e. The number of benzene rings is 2. The fourth-order valence-electron chi connectivity index (χ4n) is 3.61. The zero-order valence-electron chi connectivity index (χ0n) is 18.7. The minimum atomic E-state index is -0.370. The molecule has 0 aliphatic carbocycles. The molecule has 0 unspecified atom stereocenters. The van der Waals surface area contributed by atoms with Crippen LogP contribution in [-0.2, 0) is 0 Å². The van der Waals surface area contributed by atoms with Gasteiger partial charge < -0.3 is 9.84 Å². The van der Waals surface area contributed by atoms with Crippen LogP contribution in [0.3, 0.4) is 0 Å². The molecule has 0 bridgehead atoms. The van der Waals surface area contributed by atoms with Crippen molar-refractivity contribution in [1.82, 2.24) is 19.9 Å². The highest BCUT2D eigenvalue weighted by Crippen LogP contribution is 2.32. The third kappa shape index (κ3) is 4.13. The molecule has 0 radical (unpaired) electrons. The molecule has 0 spiro atoms. The van der Waals surface area contributed by atoms with E-state index in [0.717, 1.165) is 17.0 Å². The van der Waals surface area contributed by atoms with Gasteiger partial charge in [-0.15, -0.1) is 11.3 Å². The summed E-state index contributed by atoms with van der Waals surface area (Å²) in [5, 5.41) is 14.7. The van der Waals surface area contributed by atoms with E-state index in [4.69, 9.17) is 21.1 Å². The smallest absolute Gasteiger partial charge is 0.262 e. The summed E-state index contributed by atoms with van der Waals surface area (Å²) in [6.45, 7) is 5.60. The van der Waals surface area contributed by atoms with Gasteiger partial charge in [0.05, 0.1) is 16.4 Å². The maximum atomic E-state index is 13.3. The van der Waals surface area contributed by atoms with Gasteiger partial charge in [-0.25, -0.2) is 4.98 Å². The molecule has 5 rings (SSSR count). The van der Waals surface area contributed by atoms with Crippen molar-refractivity contribution < 1.29 is 9.32 Å². The monoisotopic (exact) mass is 489 g/mol. The van der Waals surface area contributed by atoms with E-state index in [-0.39, 0.29) is 5.91 Å². The standard InChI is InChI=1S/C25H20ClN5O2S/c1-14-8-10-17(11-9-14)20-13-34-25(27-20)31-21(12-15(2)29-31)28-24(32)22-16(3)33-30-23(22)18-6-4-5-7-19(18)26/h4-13H,1-3H3,(H,28,32). The van der Waals surface area contributed by atoms with Crippen molar-refractivity contribution in [2.45, 2.75) is 20.8 Å². The molecule has 2 aromatic carbocycles. The third-order valence-corrected chi connectivity index (χ3v) is 6.46. The van der Waals surface area contributed by atoms with E-state index in [1.165, 1.54) is 16.9 Å². The molecule has 0 fully saturated rings. The molecule has 1 N–H and O–H groups in total. The van der Waals surface area contributed by atoms with Gasteiger partial charge in [-0.05, 0) is 26.8 Å². The van der Waals surface area contributed by atoms with Crippen molar-refractivity contribution in [1.29, 1.82) is 0 Å². The van der Waals surface area contributed by atoms with Gasteiger partial charge in [-0.1, -0.05) is 64.8 Å². The van der Waals surface area contributed by atoms with Crippen molar-refractivity contribution in [2.75, 3.05) is 5.32 Å². The van der Waals surface area contributed by atoms with Crippen LogP contribution >= 0.6 is 22.9 Å². The summed E-state index contributed by atoms with van der Waals surface area (Å²) >= 11 is 7.79. The second kappa shape index (κ2) is 8.89. The van der Waals surface area contributed by atoms with Gasteiger partial charge in [0, 0.05) is 22.6 Å². The van der Waals surface area contributed by atoms with E-state index < -0.39 is 0 Å². The molecule has 9 heteroatoms. The number of aromatic nitrogens is 4. The SMILES string of the molecule is Cc1ccc(-c2csc(-n3nc(C)cc3NC(=O)c3c(-c4ccccc4Cl)noc3C)n2)cc1. The van der Waals surface area contributed by atoms with Gasteiger partial charge in [-0.3, -0.25) is 4.79 Å². The first-order valence-corrected chi connectivity index (χ1v) is 11.8. The number of nitrogens with one attached hydrogen (secondary N) is 1. The van der Waals surface area contributed by atoms with Gasteiger partial charge in [0.2, 0.25) is 5.13 Å². The van der Waals surface area contributed by atoms with Gasteiger partial charge in [0.1, 0.15) is 22.8 Å². The number of nitrogens with zero attached hydrogens (tertiary/aromatic N) is 4. The van der Waals surface area contributed by atoms with Gasteiger partial charge in [-0.2, -0.15) is 9.78 Å². The van der Waals surface area contributed by atoms with Crippen LogP contribution in [0.25, 0.3) is 27.6 Å². The molecule has 170 valence electrons. The number of aryl methyl sites for hydroxylation is 3. The topological polar surface area (TPSA) is 85.8 Å². The molecule has 0 atom stereocenters. The molecule has 7 nitrogen and oxygen atoms in total. The lowest BCUT2D eigenvalue weighted by Gasteiger charge is -2.08. The lowest BCUT2D eigenvalue weighted by Crippen LogP contribution is -2.16. The Morgan fingerprint density at radius 2 is 1.85 bits per heavy atom. The predicted molar refractivity (Wildman–Crippen MR) is 134 cm³/mol. The Morgan fingerprint density at radius 1 is 1.09 bits per heavy atom. The molecule has 0 saturated carbocycles. The molecule has 5 aromatic rings. The Morgan fingerprint density at radius 3 is 2.62 bits per heavy atom. The number of carbonyl (C=O) groups excluding carboxylic acids is 1. The third-order valence-electron chi connectivity index (χ3n) is 5.31. The highest BCUT2D eigenvalue weighted by Gasteiger charge is 2.24. The van der Waals surface area contributed by atoms with Crippen LogP contribution in [-0.4, -0.2) is 25.8 Å². The highest BCUT2D eigenvalue weighted by molar-refractivity contribution is 7.12. The fourth-order valence-corrected chi connectivity index (χ4v) is 4.63. The van der Waals surface area contributed by atoms with E-state index in [1.807, 2.05) is 43.5 Å². The first-order chi connectivity index (χ1) is 16.4.